The molecule has 1 amide bonds. The van der Waals surface area contributed by atoms with Crippen molar-refractivity contribution in [2.75, 3.05) is 31.6 Å². The minimum atomic E-state index is -3.55. The summed E-state index contributed by atoms with van der Waals surface area (Å²) >= 11 is 0. The summed E-state index contributed by atoms with van der Waals surface area (Å²) in [6, 6.07) is 5.26. The third-order valence-electron chi connectivity index (χ3n) is 5.35. The van der Waals surface area contributed by atoms with Crippen LogP contribution in [0.4, 0.5) is 5.69 Å². The van der Waals surface area contributed by atoms with Crippen molar-refractivity contribution in [1.82, 2.24) is 14.1 Å². The van der Waals surface area contributed by atoms with E-state index in [4.69, 9.17) is 9.47 Å². The number of nitrogens with one attached hydrogen (secondary N) is 1. The van der Waals surface area contributed by atoms with Crippen molar-refractivity contribution in [3.63, 3.8) is 0 Å². The van der Waals surface area contributed by atoms with Crippen molar-refractivity contribution >= 4 is 21.6 Å². The Bertz CT molecular complexity index is 1060. The Balaban J connectivity index is 1.42. The highest BCUT2D eigenvalue weighted by molar-refractivity contribution is 7.89. The molecule has 162 valence electrons. The molecular weight excluding hydrogens is 408 g/mol. The van der Waals surface area contributed by atoms with Crippen molar-refractivity contribution in [3.8, 4) is 11.5 Å². The van der Waals surface area contributed by atoms with E-state index >= 15 is 0 Å². The van der Waals surface area contributed by atoms with Gasteiger partial charge in [0.05, 0.1) is 17.9 Å². The van der Waals surface area contributed by atoms with Gasteiger partial charge in [-0.15, -0.1) is 0 Å². The van der Waals surface area contributed by atoms with Crippen LogP contribution in [0.1, 0.15) is 30.7 Å². The van der Waals surface area contributed by atoms with E-state index in [0.717, 1.165) is 12.8 Å². The summed E-state index contributed by atoms with van der Waals surface area (Å²) in [5, 5.41) is 7.21. The van der Waals surface area contributed by atoms with Crippen LogP contribution >= 0.6 is 0 Å². The highest BCUT2D eigenvalue weighted by Gasteiger charge is 2.32. The molecule has 2 aliphatic heterocycles. The van der Waals surface area contributed by atoms with Crippen LogP contribution in [0.3, 0.4) is 0 Å². The fourth-order valence-corrected chi connectivity index (χ4v) is 5.77. The Morgan fingerprint density at radius 3 is 2.57 bits per heavy atom. The third-order valence-corrected chi connectivity index (χ3v) is 7.51. The van der Waals surface area contributed by atoms with E-state index < -0.39 is 10.0 Å². The molecule has 1 fully saturated rings. The molecule has 0 aliphatic carbocycles. The molecule has 0 bridgehead atoms. The number of anilines is 1. The molecule has 2 aliphatic rings. The predicted octanol–water partition coefficient (Wildman–Crippen LogP) is 2.08. The van der Waals surface area contributed by atoms with E-state index in [0.29, 0.717) is 61.4 Å². The van der Waals surface area contributed by atoms with Crippen LogP contribution in [0.15, 0.2) is 23.1 Å². The lowest BCUT2D eigenvalue weighted by atomic mass is 10.2. The minimum Gasteiger partial charge on any atom is -0.486 e. The van der Waals surface area contributed by atoms with Gasteiger partial charge in [0.1, 0.15) is 18.1 Å². The maximum atomic E-state index is 13.0. The van der Waals surface area contributed by atoms with Gasteiger partial charge in [-0.05, 0) is 38.8 Å². The zero-order valence-corrected chi connectivity index (χ0v) is 18.0. The number of hydrogen-bond donors (Lipinski definition) is 1. The molecule has 1 N–H and O–H groups in total. The normalized spacial score (nSPS) is 16.6. The molecule has 0 radical (unpaired) electrons. The lowest BCUT2D eigenvalue weighted by Crippen LogP contribution is -2.28. The first-order valence-corrected chi connectivity index (χ1v) is 11.5. The standard InChI is InChI=1S/C20H26N4O5S/c1-14-20(30(26,27)23-8-3-4-9-23)15(2)24(22-14)10-7-19(25)21-16-5-6-17-18(13-16)29-12-11-28-17/h5-6,13H,3-4,7-12H2,1-2H3,(H,21,25). The molecule has 4 rings (SSSR count). The molecule has 1 aromatic carbocycles. The van der Waals surface area contributed by atoms with E-state index in [1.54, 1.807) is 36.7 Å². The number of aromatic nitrogens is 2. The molecular formula is C20H26N4O5S. The molecule has 2 aromatic rings. The minimum absolute atomic E-state index is 0.166. The van der Waals surface area contributed by atoms with Crippen LogP contribution in [-0.2, 0) is 21.4 Å². The summed E-state index contributed by atoms with van der Waals surface area (Å²) in [4.78, 5) is 12.7. The van der Waals surface area contributed by atoms with Crippen LogP contribution in [0.5, 0.6) is 11.5 Å². The fraction of sp³-hybridized carbons (Fsp3) is 0.500. The van der Waals surface area contributed by atoms with Gasteiger partial charge in [-0.2, -0.15) is 9.40 Å². The second-order valence-electron chi connectivity index (χ2n) is 7.49. The van der Waals surface area contributed by atoms with Crippen molar-refractivity contribution in [3.05, 3.63) is 29.6 Å². The summed E-state index contributed by atoms with van der Waals surface area (Å²) in [5.41, 5.74) is 1.65. The Morgan fingerprint density at radius 2 is 1.83 bits per heavy atom. The van der Waals surface area contributed by atoms with E-state index in [1.165, 1.54) is 4.31 Å². The number of aryl methyl sites for hydroxylation is 2. The van der Waals surface area contributed by atoms with Crippen molar-refractivity contribution < 1.29 is 22.7 Å². The highest BCUT2D eigenvalue weighted by Crippen LogP contribution is 2.32. The van der Waals surface area contributed by atoms with Gasteiger partial charge in [0, 0.05) is 31.3 Å². The zero-order valence-electron chi connectivity index (χ0n) is 17.2. The largest absolute Gasteiger partial charge is 0.486 e. The van der Waals surface area contributed by atoms with E-state index in [1.807, 2.05) is 0 Å². The second kappa shape index (κ2) is 8.27. The van der Waals surface area contributed by atoms with Crippen LogP contribution in [0, 0.1) is 13.8 Å². The van der Waals surface area contributed by atoms with Crippen LogP contribution < -0.4 is 14.8 Å². The number of rotatable bonds is 6. The number of nitrogens with zero attached hydrogens (tertiary/aromatic N) is 3. The number of carbonyl (C=O) groups is 1. The van der Waals surface area contributed by atoms with Crippen LogP contribution in [0.2, 0.25) is 0 Å². The first kappa shape index (κ1) is 20.7. The second-order valence-corrected chi connectivity index (χ2v) is 9.37. The number of fused-ring (bicyclic) bond motifs is 1. The first-order chi connectivity index (χ1) is 14.4. The molecule has 0 unspecified atom stereocenters. The number of hydrogen-bond acceptors (Lipinski definition) is 6. The summed E-state index contributed by atoms with van der Waals surface area (Å²) in [6.45, 7) is 5.80. The van der Waals surface area contributed by atoms with E-state index in [2.05, 4.69) is 10.4 Å². The molecule has 0 saturated carbocycles. The summed E-state index contributed by atoms with van der Waals surface area (Å²) < 4.78 is 40.0. The Labute approximate surface area is 176 Å². The van der Waals surface area contributed by atoms with Crippen LogP contribution in [-0.4, -0.2) is 54.7 Å². The summed E-state index contributed by atoms with van der Waals surface area (Å²) in [6.07, 6.45) is 1.93. The quantitative estimate of drug-likeness (QED) is 0.747. The van der Waals surface area contributed by atoms with Gasteiger partial charge < -0.3 is 14.8 Å². The Kier molecular flexibility index (Phi) is 5.70. The topological polar surface area (TPSA) is 103 Å². The third kappa shape index (κ3) is 4.01. The number of ether oxygens (including phenoxy) is 2. The van der Waals surface area contributed by atoms with Crippen LogP contribution in [0.25, 0.3) is 0 Å². The van der Waals surface area contributed by atoms with Crippen molar-refractivity contribution in [1.29, 1.82) is 0 Å². The van der Waals surface area contributed by atoms with E-state index in [-0.39, 0.29) is 17.2 Å². The van der Waals surface area contributed by atoms with Gasteiger partial charge in [0.2, 0.25) is 15.9 Å². The van der Waals surface area contributed by atoms with Gasteiger partial charge in [-0.25, -0.2) is 8.42 Å². The van der Waals surface area contributed by atoms with Crippen molar-refractivity contribution in [2.45, 2.75) is 44.6 Å². The molecule has 9 nitrogen and oxygen atoms in total. The smallest absolute Gasteiger partial charge is 0.246 e. The highest BCUT2D eigenvalue weighted by atomic mass is 32.2. The monoisotopic (exact) mass is 434 g/mol. The van der Waals surface area contributed by atoms with E-state index in [9.17, 15) is 13.2 Å². The average Bonchev–Trinajstić information content (AvgIpc) is 3.35. The first-order valence-electron chi connectivity index (χ1n) is 10.1. The Morgan fingerprint density at radius 1 is 1.13 bits per heavy atom. The average molecular weight is 435 g/mol. The van der Waals surface area contributed by atoms with Gasteiger partial charge in [0.15, 0.2) is 11.5 Å². The molecule has 3 heterocycles. The molecule has 10 heteroatoms. The molecule has 0 atom stereocenters. The van der Waals surface area contributed by atoms with Crippen molar-refractivity contribution in [2.24, 2.45) is 0 Å². The molecule has 0 spiro atoms. The van der Waals surface area contributed by atoms with Gasteiger partial charge in [-0.3, -0.25) is 9.48 Å². The lowest BCUT2D eigenvalue weighted by molar-refractivity contribution is -0.116. The van der Waals surface area contributed by atoms with Gasteiger partial charge in [-0.1, -0.05) is 0 Å². The lowest BCUT2D eigenvalue weighted by Gasteiger charge is -2.19. The fourth-order valence-electron chi connectivity index (χ4n) is 3.88. The molecule has 1 aromatic heterocycles. The number of sulfonamides is 1. The maximum absolute atomic E-state index is 13.0. The number of amides is 1. The van der Waals surface area contributed by atoms with Gasteiger partial charge >= 0.3 is 0 Å². The van der Waals surface area contributed by atoms with Gasteiger partial charge in [0.25, 0.3) is 0 Å². The molecule has 30 heavy (non-hydrogen) atoms. The molecule has 1 saturated heterocycles. The maximum Gasteiger partial charge on any atom is 0.246 e. The predicted molar refractivity (Wildman–Crippen MR) is 110 cm³/mol. The zero-order chi connectivity index (χ0) is 21.3. The number of carbonyl (C=O) groups excluding carboxylic acids is 1. The number of benzene rings is 1. The SMILES string of the molecule is Cc1nn(CCC(=O)Nc2ccc3c(c2)OCCO3)c(C)c1S(=O)(=O)N1CCCC1. The summed E-state index contributed by atoms with van der Waals surface area (Å²) in [5.74, 6) is 1.08. The summed E-state index contributed by atoms with van der Waals surface area (Å²) in [7, 11) is -3.55. The Hall–Kier alpha value is -2.59.